The van der Waals surface area contributed by atoms with Crippen LogP contribution >= 0.6 is 34.5 Å². The number of hydrogen-bond acceptors (Lipinski definition) is 3. The Balaban J connectivity index is 1.43. The molecule has 0 aliphatic carbocycles. The van der Waals surface area contributed by atoms with Gasteiger partial charge in [-0.3, -0.25) is 4.79 Å². The Hall–Kier alpha value is -2.40. The lowest BCUT2D eigenvalue weighted by atomic mass is 10.0. The minimum Gasteiger partial charge on any atom is -0.302 e. The second-order valence-electron chi connectivity index (χ2n) is 6.42. The summed E-state index contributed by atoms with van der Waals surface area (Å²) in [5.74, 6) is -0.0770. The molecule has 0 spiro atoms. The van der Waals surface area contributed by atoms with Crippen molar-refractivity contribution in [3.05, 3.63) is 92.9 Å². The number of anilines is 1. The van der Waals surface area contributed by atoms with Gasteiger partial charge in [-0.25, -0.2) is 4.98 Å². The van der Waals surface area contributed by atoms with Crippen LogP contribution in [0.25, 0.3) is 10.8 Å². The first-order valence-corrected chi connectivity index (χ1v) is 10.3. The number of amides is 1. The number of benzene rings is 3. The minimum atomic E-state index is -0.0770. The fourth-order valence-electron chi connectivity index (χ4n) is 3.08. The molecule has 3 aromatic carbocycles. The van der Waals surface area contributed by atoms with Gasteiger partial charge < -0.3 is 5.32 Å². The molecule has 140 valence electrons. The third kappa shape index (κ3) is 4.36. The van der Waals surface area contributed by atoms with Crippen LogP contribution in [0.15, 0.2) is 66.9 Å². The molecule has 3 nitrogen and oxygen atoms in total. The van der Waals surface area contributed by atoms with E-state index in [1.54, 1.807) is 12.3 Å². The van der Waals surface area contributed by atoms with Gasteiger partial charge in [0.15, 0.2) is 5.13 Å². The molecule has 6 heteroatoms. The lowest BCUT2D eigenvalue weighted by Gasteiger charge is -2.06. The van der Waals surface area contributed by atoms with Gasteiger partial charge >= 0.3 is 0 Å². The standard InChI is InChI=1S/C22H16Cl2N2OS/c23-19-9-8-14(11-20(19)24)10-17-13-25-22(28-17)26-21(27)12-16-6-3-5-15-4-1-2-7-18(15)16/h1-9,11,13H,10,12H2,(H,25,26,27). The smallest absolute Gasteiger partial charge is 0.230 e. The first-order valence-electron chi connectivity index (χ1n) is 8.73. The molecule has 0 radical (unpaired) electrons. The van der Waals surface area contributed by atoms with Crippen LogP contribution < -0.4 is 5.32 Å². The van der Waals surface area contributed by atoms with Gasteiger partial charge in [-0.05, 0) is 34.0 Å². The highest BCUT2D eigenvalue weighted by atomic mass is 35.5. The van der Waals surface area contributed by atoms with E-state index in [1.807, 2.05) is 54.6 Å². The van der Waals surface area contributed by atoms with Gasteiger partial charge in [0.2, 0.25) is 5.91 Å². The summed E-state index contributed by atoms with van der Waals surface area (Å²) in [7, 11) is 0. The number of aromatic nitrogens is 1. The van der Waals surface area contributed by atoms with Crippen molar-refractivity contribution in [2.75, 3.05) is 5.32 Å². The number of fused-ring (bicyclic) bond motifs is 1. The van der Waals surface area contributed by atoms with Gasteiger partial charge in [-0.2, -0.15) is 0 Å². The number of halogens is 2. The topological polar surface area (TPSA) is 42.0 Å². The molecule has 0 fully saturated rings. The molecule has 0 aliphatic heterocycles. The zero-order valence-electron chi connectivity index (χ0n) is 14.8. The monoisotopic (exact) mass is 426 g/mol. The Bertz CT molecular complexity index is 1150. The summed E-state index contributed by atoms with van der Waals surface area (Å²) in [6, 6.07) is 19.7. The van der Waals surface area contributed by atoms with Crippen molar-refractivity contribution >= 4 is 56.3 Å². The minimum absolute atomic E-state index is 0.0770. The fraction of sp³-hybridized carbons (Fsp3) is 0.0909. The lowest BCUT2D eigenvalue weighted by molar-refractivity contribution is -0.115. The van der Waals surface area contributed by atoms with Crippen LogP contribution in [0.5, 0.6) is 0 Å². The maximum Gasteiger partial charge on any atom is 0.230 e. The van der Waals surface area contributed by atoms with Gasteiger partial charge in [0, 0.05) is 17.5 Å². The van der Waals surface area contributed by atoms with E-state index < -0.39 is 0 Å². The first-order chi connectivity index (χ1) is 13.6. The van der Waals surface area contributed by atoms with Gasteiger partial charge in [0.05, 0.1) is 16.5 Å². The molecule has 0 aliphatic rings. The van der Waals surface area contributed by atoms with E-state index in [1.165, 1.54) is 11.3 Å². The third-order valence-corrected chi connectivity index (χ3v) is 6.05. The fourth-order valence-corrected chi connectivity index (χ4v) is 4.26. The average Bonchev–Trinajstić information content (AvgIpc) is 3.11. The number of rotatable bonds is 5. The molecule has 28 heavy (non-hydrogen) atoms. The number of nitrogens with one attached hydrogen (secondary N) is 1. The van der Waals surface area contributed by atoms with Crippen molar-refractivity contribution in [3.63, 3.8) is 0 Å². The third-order valence-electron chi connectivity index (χ3n) is 4.39. The van der Waals surface area contributed by atoms with Gasteiger partial charge in [-0.15, -0.1) is 11.3 Å². The summed E-state index contributed by atoms with van der Waals surface area (Å²) in [5, 5.41) is 6.80. The number of carbonyl (C=O) groups excluding carboxylic acids is 1. The predicted octanol–water partition coefficient (Wildman–Crippen LogP) is 6.38. The maximum atomic E-state index is 12.5. The van der Waals surface area contributed by atoms with Crippen molar-refractivity contribution in [1.29, 1.82) is 0 Å². The summed E-state index contributed by atoms with van der Waals surface area (Å²) >= 11 is 13.5. The Labute approximate surface area is 177 Å². The van der Waals surface area contributed by atoms with Crippen LogP contribution in [0.3, 0.4) is 0 Å². The van der Waals surface area contributed by atoms with Crippen LogP contribution in [0.1, 0.15) is 16.0 Å². The summed E-state index contributed by atoms with van der Waals surface area (Å²) in [4.78, 5) is 17.9. The highest BCUT2D eigenvalue weighted by Crippen LogP contribution is 2.26. The van der Waals surface area contributed by atoms with Crippen molar-refractivity contribution in [1.82, 2.24) is 4.98 Å². The SMILES string of the molecule is O=C(Cc1cccc2ccccc12)Nc1ncc(Cc2ccc(Cl)c(Cl)c2)s1. The molecular weight excluding hydrogens is 411 g/mol. The molecule has 0 unspecified atom stereocenters. The molecular formula is C22H16Cl2N2OS. The molecule has 4 aromatic rings. The van der Waals surface area contributed by atoms with E-state index in [9.17, 15) is 4.79 Å². The van der Waals surface area contributed by atoms with Gasteiger partial charge in [-0.1, -0.05) is 71.7 Å². The van der Waals surface area contributed by atoms with Crippen molar-refractivity contribution < 1.29 is 4.79 Å². The number of carbonyl (C=O) groups is 1. The summed E-state index contributed by atoms with van der Waals surface area (Å²) in [5.41, 5.74) is 2.05. The lowest BCUT2D eigenvalue weighted by Crippen LogP contribution is -2.14. The molecule has 4 rings (SSSR count). The Morgan fingerprint density at radius 2 is 1.82 bits per heavy atom. The van der Waals surface area contributed by atoms with Crippen LogP contribution in [-0.2, 0) is 17.6 Å². The van der Waals surface area contributed by atoms with Crippen molar-refractivity contribution in [3.8, 4) is 0 Å². The van der Waals surface area contributed by atoms with Crippen LogP contribution in [0.2, 0.25) is 10.0 Å². The summed E-state index contributed by atoms with van der Waals surface area (Å²) in [6.45, 7) is 0. The zero-order chi connectivity index (χ0) is 19.5. The van der Waals surface area contributed by atoms with Crippen LogP contribution in [0.4, 0.5) is 5.13 Å². The average molecular weight is 427 g/mol. The first kappa shape index (κ1) is 18.9. The molecule has 0 saturated carbocycles. The van der Waals surface area contributed by atoms with E-state index in [-0.39, 0.29) is 5.91 Å². The molecule has 0 bridgehead atoms. The van der Waals surface area contributed by atoms with E-state index in [2.05, 4.69) is 10.3 Å². The zero-order valence-corrected chi connectivity index (χ0v) is 17.1. The van der Waals surface area contributed by atoms with Gasteiger partial charge in [0.1, 0.15) is 0 Å². The molecule has 0 atom stereocenters. The van der Waals surface area contributed by atoms with Crippen molar-refractivity contribution in [2.45, 2.75) is 12.8 Å². The molecule has 1 aromatic heterocycles. The largest absolute Gasteiger partial charge is 0.302 e. The Morgan fingerprint density at radius 1 is 1.00 bits per heavy atom. The number of nitrogens with zero attached hydrogens (tertiary/aromatic N) is 1. The van der Waals surface area contributed by atoms with Gasteiger partial charge in [0.25, 0.3) is 0 Å². The normalized spacial score (nSPS) is 10.9. The summed E-state index contributed by atoms with van der Waals surface area (Å²) in [6.07, 6.45) is 2.78. The van der Waals surface area contributed by atoms with Crippen molar-refractivity contribution in [2.24, 2.45) is 0 Å². The highest BCUT2D eigenvalue weighted by Gasteiger charge is 2.10. The van der Waals surface area contributed by atoms with E-state index in [4.69, 9.17) is 23.2 Å². The number of thiazole rings is 1. The van der Waals surface area contributed by atoms with Crippen LogP contribution in [-0.4, -0.2) is 10.9 Å². The van der Waals surface area contributed by atoms with E-state index in [0.29, 0.717) is 28.0 Å². The molecule has 1 N–H and O–H groups in total. The second kappa shape index (κ2) is 8.31. The van der Waals surface area contributed by atoms with E-state index >= 15 is 0 Å². The Kier molecular flexibility index (Phi) is 5.62. The highest BCUT2D eigenvalue weighted by molar-refractivity contribution is 7.15. The van der Waals surface area contributed by atoms with E-state index in [0.717, 1.165) is 26.8 Å². The molecule has 1 heterocycles. The van der Waals surface area contributed by atoms with Crippen LogP contribution in [0, 0.1) is 0 Å². The maximum absolute atomic E-state index is 12.5. The summed E-state index contributed by atoms with van der Waals surface area (Å²) < 4.78 is 0. The quantitative estimate of drug-likeness (QED) is 0.402. The molecule has 0 saturated heterocycles. The predicted molar refractivity (Wildman–Crippen MR) is 118 cm³/mol. The Morgan fingerprint density at radius 3 is 2.68 bits per heavy atom. The molecule has 1 amide bonds. The second-order valence-corrected chi connectivity index (χ2v) is 8.35. The number of hydrogen-bond donors (Lipinski definition) is 1.